The third kappa shape index (κ3) is 3.04. The van der Waals surface area contributed by atoms with Crippen LogP contribution in [-0.2, 0) is 0 Å². The molecule has 2 aromatic rings. The van der Waals surface area contributed by atoms with Gasteiger partial charge >= 0.3 is 0 Å². The van der Waals surface area contributed by atoms with E-state index in [4.69, 9.17) is 0 Å². The minimum atomic E-state index is 0.110. The summed E-state index contributed by atoms with van der Waals surface area (Å²) in [5, 5.41) is 4.49. The van der Waals surface area contributed by atoms with Crippen LogP contribution >= 0.6 is 0 Å². The maximum atomic E-state index is 13.3. The largest absolute Gasteiger partial charge is 0.331 e. The molecule has 2 aliphatic carbocycles. The van der Waals surface area contributed by atoms with Gasteiger partial charge in [-0.2, -0.15) is 5.10 Å². The molecule has 2 saturated carbocycles. The van der Waals surface area contributed by atoms with E-state index >= 15 is 0 Å². The number of rotatable bonds is 3. The predicted octanol–water partition coefficient (Wildman–Crippen LogP) is 3.84. The lowest BCUT2D eigenvalue weighted by atomic mass is 9.88. The molecule has 0 aromatic carbocycles. The van der Waals surface area contributed by atoms with Gasteiger partial charge < -0.3 is 4.90 Å². The van der Waals surface area contributed by atoms with Crippen molar-refractivity contribution in [2.75, 3.05) is 0 Å². The number of fused-ring (bicyclic) bond motifs is 1. The summed E-state index contributed by atoms with van der Waals surface area (Å²) in [6.07, 6.45) is 15.8. The molecule has 0 unspecified atom stereocenters. The summed E-state index contributed by atoms with van der Waals surface area (Å²) in [4.78, 5) is 19.8. The molecule has 0 saturated heterocycles. The van der Waals surface area contributed by atoms with E-state index in [0.717, 1.165) is 31.3 Å². The third-order valence-corrected chi connectivity index (χ3v) is 5.63. The average molecular weight is 326 g/mol. The second-order valence-corrected chi connectivity index (χ2v) is 7.25. The number of aromatic nitrogens is 3. The SMILES string of the molecule is O=C(c1cc2ncccn2n1)N(C1CCCCC1)C1CCCCC1. The Morgan fingerprint density at radius 3 is 2.21 bits per heavy atom. The van der Waals surface area contributed by atoms with Crippen LogP contribution in [0.5, 0.6) is 0 Å². The van der Waals surface area contributed by atoms with Crippen LogP contribution in [0.1, 0.15) is 74.7 Å². The molecule has 2 aromatic heterocycles. The monoisotopic (exact) mass is 326 g/mol. The van der Waals surface area contributed by atoms with Gasteiger partial charge in [-0.3, -0.25) is 4.79 Å². The number of carbonyl (C=O) groups excluding carboxylic acids is 1. The number of nitrogens with zero attached hydrogens (tertiary/aromatic N) is 4. The van der Waals surface area contributed by atoms with Crippen molar-refractivity contribution >= 4 is 11.6 Å². The Labute approximate surface area is 143 Å². The highest BCUT2D eigenvalue weighted by Crippen LogP contribution is 2.31. The van der Waals surface area contributed by atoms with Gasteiger partial charge in [0.25, 0.3) is 5.91 Å². The number of hydrogen-bond donors (Lipinski definition) is 0. The van der Waals surface area contributed by atoms with Crippen molar-refractivity contribution in [3.8, 4) is 0 Å². The quantitative estimate of drug-likeness (QED) is 0.861. The van der Waals surface area contributed by atoms with Crippen molar-refractivity contribution < 1.29 is 4.79 Å². The third-order valence-electron chi connectivity index (χ3n) is 5.63. The molecule has 2 fully saturated rings. The lowest BCUT2D eigenvalue weighted by Crippen LogP contribution is -2.48. The summed E-state index contributed by atoms with van der Waals surface area (Å²) in [6.45, 7) is 0. The first-order valence-electron chi connectivity index (χ1n) is 9.46. The predicted molar refractivity (Wildman–Crippen MR) is 92.9 cm³/mol. The second-order valence-electron chi connectivity index (χ2n) is 7.25. The normalized spacial score (nSPS) is 20.3. The maximum absolute atomic E-state index is 13.3. The van der Waals surface area contributed by atoms with Gasteiger partial charge in [-0.25, -0.2) is 9.50 Å². The summed E-state index contributed by atoms with van der Waals surface area (Å²) in [5.41, 5.74) is 1.29. The fourth-order valence-electron chi connectivity index (χ4n) is 4.42. The molecule has 0 aliphatic heterocycles. The van der Waals surface area contributed by atoms with E-state index < -0.39 is 0 Å². The molecule has 2 aliphatic rings. The Kier molecular flexibility index (Phi) is 4.50. The number of hydrogen-bond acceptors (Lipinski definition) is 3. The van der Waals surface area contributed by atoms with Crippen LogP contribution in [0.3, 0.4) is 0 Å². The Morgan fingerprint density at radius 2 is 1.62 bits per heavy atom. The van der Waals surface area contributed by atoms with E-state index in [-0.39, 0.29) is 5.91 Å². The van der Waals surface area contributed by atoms with Crippen molar-refractivity contribution in [3.63, 3.8) is 0 Å². The van der Waals surface area contributed by atoms with Gasteiger partial charge in [0, 0.05) is 30.5 Å². The van der Waals surface area contributed by atoms with Crippen molar-refractivity contribution in [1.29, 1.82) is 0 Å². The smallest absolute Gasteiger partial charge is 0.274 e. The highest BCUT2D eigenvalue weighted by Gasteiger charge is 2.34. The van der Waals surface area contributed by atoms with Crippen LogP contribution in [0.4, 0.5) is 0 Å². The number of amides is 1. The van der Waals surface area contributed by atoms with E-state index in [9.17, 15) is 4.79 Å². The summed E-state index contributed by atoms with van der Waals surface area (Å²) < 4.78 is 1.70. The molecule has 0 atom stereocenters. The highest BCUT2D eigenvalue weighted by molar-refractivity contribution is 5.93. The Hall–Kier alpha value is -1.91. The van der Waals surface area contributed by atoms with Crippen molar-refractivity contribution in [2.24, 2.45) is 0 Å². The first-order chi connectivity index (χ1) is 11.8. The maximum Gasteiger partial charge on any atom is 0.274 e. The van der Waals surface area contributed by atoms with E-state index in [0.29, 0.717) is 17.8 Å². The molecule has 4 rings (SSSR count). The zero-order valence-corrected chi connectivity index (χ0v) is 14.2. The zero-order valence-electron chi connectivity index (χ0n) is 14.2. The zero-order chi connectivity index (χ0) is 16.4. The molecule has 128 valence electrons. The van der Waals surface area contributed by atoms with Crippen LogP contribution in [-0.4, -0.2) is 37.5 Å². The van der Waals surface area contributed by atoms with E-state index in [1.54, 1.807) is 10.7 Å². The molecule has 0 radical (unpaired) electrons. The molecule has 0 bridgehead atoms. The van der Waals surface area contributed by atoms with Crippen LogP contribution in [0.25, 0.3) is 5.65 Å². The Bertz CT molecular complexity index is 647. The summed E-state index contributed by atoms with van der Waals surface area (Å²) in [5.74, 6) is 0.110. The summed E-state index contributed by atoms with van der Waals surface area (Å²) in [6, 6.07) is 4.47. The minimum Gasteiger partial charge on any atom is -0.331 e. The topological polar surface area (TPSA) is 50.5 Å². The van der Waals surface area contributed by atoms with E-state index in [2.05, 4.69) is 15.0 Å². The van der Waals surface area contributed by atoms with Gasteiger partial charge in [0.05, 0.1) is 0 Å². The van der Waals surface area contributed by atoms with Crippen LogP contribution in [0.2, 0.25) is 0 Å². The summed E-state index contributed by atoms with van der Waals surface area (Å²) in [7, 11) is 0. The lowest BCUT2D eigenvalue weighted by molar-refractivity contribution is 0.0442. The molecule has 5 nitrogen and oxygen atoms in total. The molecule has 1 amide bonds. The van der Waals surface area contributed by atoms with Gasteiger partial charge in [0.2, 0.25) is 0 Å². The fraction of sp³-hybridized carbons (Fsp3) is 0.632. The van der Waals surface area contributed by atoms with Gasteiger partial charge in [-0.15, -0.1) is 0 Å². The molecule has 24 heavy (non-hydrogen) atoms. The van der Waals surface area contributed by atoms with Gasteiger partial charge in [-0.1, -0.05) is 38.5 Å². The molecule has 2 heterocycles. The second kappa shape index (κ2) is 6.91. The van der Waals surface area contributed by atoms with Crippen LogP contribution in [0, 0.1) is 0 Å². The van der Waals surface area contributed by atoms with E-state index in [1.165, 1.54) is 38.5 Å². The Balaban J connectivity index is 1.64. The molecular formula is C19H26N4O. The van der Waals surface area contributed by atoms with Crippen molar-refractivity contribution in [3.05, 3.63) is 30.2 Å². The Morgan fingerprint density at radius 1 is 1.00 bits per heavy atom. The minimum absolute atomic E-state index is 0.110. The van der Waals surface area contributed by atoms with Crippen molar-refractivity contribution in [1.82, 2.24) is 19.5 Å². The van der Waals surface area contributed by atoms with Crippen molar-refractivity contribution in [2.45, 2.75) is 76.3 Å². The first-order valence-corrected chi connectivity index (χ1v) is 9.46. The van der Waals surface area contributed by atoms with Gasteiger partial charge in [0.1, 0.15) is 0 Å². The fourth-order valence-corrected chi connectivity index (χ4v) is 4.42. The van der Waals surface area contributed by atoms with Gasteiger partial charge in [0.15, 0.2) is 11.3 Å². The molecular weight excluding hydrogens is 300 g/mol. The van der Waals surface area contributed by atoms with Gasteiger partial charge in [-0.05, 0) is 31.7 Å². The first kappa shape index (κ1) is 15.6. The molecule has 0 N–H and O–H groups in total. The van der Waals surface area contributed by atoms with Crippen LogP contribution < -0.4 is 0 Å². The standard InChI is InChI=1S/C19H26N4O/c24-19(17-14-18-20-12-7-13-22(18)21-17)23(15-8-3-1-4-9-15)16-10-5-2-6-11-16/h7,12-16H,1-6,8-11H2. The summed E-state index contributed by atoms with van der Waals surface area (Å²) >= 11 is 0. The van der Waals surface area contributed by atoms with Crippen LogP contribution in [0.15, 0.2) is 24.5 Å². The average Bonchev–Trinajstić information content (AvgIpc) is 3.08. The highest BCUT2D eigenvalue weighted by atomic mass is 16.2. The van der Waals surface area contributed by atoms with E-state index in [1.807, 2.05) is 18.3 Å². The number of carbonyl (C=O) groups is 1. The molecule has 5 heteroatoms. The lowest BCUT2D eigenvalue weighted by Gasteiger charge is -2.41. The molecule has 0 spiro atoms.